The number of nitrogens with one attached hydrogen (secondary N) is 1. The molecule has 0 bridgehead atoms. The first-order valence-electron chi connectivity index (χ1n) is 11.1. The fourth-order valence-electron chi connectivity index (χ4n) is 3.58. The number of methoxy groups -OCH3 is 1. The number of carbonyl (C=O) groups is 1. The zero-order valence-electron chi connectivity index (χ0n) is 20.0. The van der Waals surface area contributed by atoms with E-state index in [0.717, 1.165) is 10.4 Å². The monoisotopic (exact) mass is 571 g/mol. The first-order valence-corrected chi connectivity index (χ1v) is 13.7. The third-order valence-electron chi connectivity index (χ3n) is 5.28. The van der Waals surface area contributed by atoms with Gasteiger partial charge in [0.05, 0.1) is 24.6 Å². The zero-order valence-corrected chi connectivity index (χ0v) is 22.4. The highest BCUT2D eigenvalue weighted by Crippen LogP contribution is 2.33. The van der Waals surface area contributed by atoms with E-state index in [1.54, 1.807) is 61.8 Å². The van der Waals surface area contributed by atoms with Crippen LogP contribution in [0.2, 0.25) is 4.47 Å². The second-order valence-corrected chi connectivity index (χ2v) is 11.0. The summed E-state index contributed by atoms with van der Waals surface area (Å²) in [6.45, 7) is 0.178. The molecule has 4 rings (SSSR count). The summed E-state index contributed by atoms with van der Waals surface area (Å²) in [6.07, 6.45) is 3.09. The van der Waals surface area contributed by atoms with Crippen molar-refractivity contribution in [3.63, 3.8) is 0 Å². The van der Waals surface area contributed by atoms with E-state index in [1.807, 2.05) is 0 Å². The minimum absolute atomic E-state index is 0.0907. The number of carbonyl (C=O) groups excluding carboxylic acids is 1. The van der Waals surface area contributed by atoms with Crippen LogP contribution in [-0.2, 0) is 27.9 Å². The van der Waals surface area contributed by atoms with E-state index < -0.39 is 10.1 Å². The lowest BCUT2D eigenvalue weighted by atomic mass is 10.00. The van der Waals surface area contributed by atoms with Crippen LogP contribution in [0.25, 0.3) is 11.1 Å². The first kappa shape index (κ1) is 27.3. The number of halogens is 1. The highest BCUT2D eigenvalue weighted by molar-refractivity contribution is 7.86. The van der Waals surface area contributed by atoms with Gasteiger partial charge in [0.1, 0.15) is 23.0 Å². The summed E-state index contributed by atoms with van der Waals surface area (Å²) in [5.74, 6) is 0.670. The molecule has 0 aliphatic heterocycles. The summed E-state index contributed by atoms with van der Waals surface area (Å²) in [5.41, 5.74) is 4.40. The Labute approximate surface area is 228 Å². The quantitative estimate of drug-likeness (QED) is 0.156. The Kier molecular flexibility index (Phi) is 8.74. The second kappa shape index (κ2) is 12.2. The molecule has 0 saturated carbocycles. The lowest BCUT2D eigenvalue weighted by Gasteiger charge is -2.13. The second-order valence-electron chi connectivity index (χ2n) is 7.91. The molecule has 0 fully saturated rings. The number of hydrogen-bond acceptors (Lipinski definition) is 8. The maximum absolute atomic E-state index is 12.4. The van der Waals surface area contributed by atoms with Crippen molar-refractivity contribution in [1.29, 1.82) is 0 Å². The predicted molar refractivity (Wildman–Crippen MR) is 146 cm³/mol. The molecule has 1 heterocycles. The SMILES string of the molecule is COc1cccc(CC(=O)N/N=C/c2ccccc2-c2cc(OCc3cnc(Cl)s3)ccc2S(=O)(=O)O)c1. The number of thiazole rings is 1. The third kappa shape index (κ3) is 7.17. The molecular formula is C26H22ClN3O6S2. The molecule has 0 unspecified atom stereocenters. The van der Waals surface area contributed by atoms with Crippen LogP contribution in [0.15, 0.2) is 82.9 Å². The number of nitrogens with zero attached hydrogens (tertiary/aromatic N) is 2. The molecule has 196 valence electrons. The van der Waals surface area contributed by atoms with Crippen LogP contribution < -0.4 is 14.9 Å². The lowest BCUT2D eigenvalue weighted by Crippen LogP contribution is -2.19. The summed E-state index contributed by atoms with van der Waals surface area (Å²) in [6, 6.07) is 18.2. The molecule has 38 heavy (non-hydrogen) atoms. The van der Waals surface area contributed by atoms with Gasteiger partial charge in [-0.15, -0.1) is 11.3 Å². The molecule has 2 N–H and O–H groups in total. The average Bonchev–Trinajstić information content (AvgIpc) is 3.32. The number of hydrogen-bond donors (Lipinski definition) is 2. The van der Waals surface area contributed by atoms with Crippen molar-refractivity contribution < 1.29 is 27.2 Å². The topological polar surface area (TPSA) is 127 Å². The molecule has 12 heteroatoms. The molecule has 0 spiro atoms. The molecule has 0 aliphatic carbocycles. The normalized spacial score (nSPS) is 11.4. The Hall–Kier alpha value is -3.77. The fraction of sp³-hybridized carbons (Fsp3) is 0.115. The van der Waals surface area contributed by atoms with Crippen molar-refractivity contribution in [2.45, 2.75) is 17.9 Å². The van der Waals surface area contributed by atoms with Crippen LogP contribution in [-0.4, -0.2) is 37.2 Å². The van der Waals surface area contributed by atoms with Crippen molar-refractivity contribution >= 4 is 45.2 Å². The van der Waals surface area contributed by atoms with Gasteiger partial charge in [-0.1, -0.05) is 48.0 Å². The summed E-state index contributed by atoms with van der Waals surface area (Å²) in [7, 11) is -3.01. The maximum Gasteiger partial charge on any atom is 0.295 e. The van der Waals surface area contributed by atoms with Crippen LogP contribution in [0, 0.1) is 0 Å². The van der Waals surface area contributed by atoms with E-state index in [-0.39, 0.29) is 29.4 Å². The first-order chi connectivity index (χ1) is 18.2. The minimum Gasteiger partial charge on any atom is -0.497 e. The average molecular weight is 572 g/mol. The van der Waals surface area contributed by atoms with E-state index in [2.05, 4.69) is 15.5 Å². The van der Waals surface area contributed by atoms with Crippen molar-refractivity contribution in [2.75, 3.05) is 7.11 Å². The Balaban J connectivity index is 1.56. The van der Waals surface area contributed by atoms with E-state index >= 15 is 0 Å². The Morgan fingerprint density at radius 2 is 1.92 bits per heavy atom. The number of ether oxygens (including phenoxy) is 2. The van der Waals surface area contributed by atoms with E-state index in [1.165, 1.54) is 35.8 Å². The number of rotatable bonds is 10. The highest BCUT2D eigenvalue weighted by Gasteiger charge is 2.19. The van der Waals surface area contributed by atoms with E-state index in [0.29, 0.717) is 27.1 Å². The molecule has 0 aliphatic rings. The van der Waals surface area contributed by atoms with Gasteiger partial charge in [-0.25, -0.2) is 10.4 Å². The van der Waals surface area contributed by atoms with E-state index in [4.69, 9.17) is 21.1 Å². The van der Waals surface area contributed by atoms with Crippen LogP contribution in [0.3, 0.4) is 0 Å². The van der Waals surface area contributed by atoms with Gasteiger partial charge in [0.15, 0.2) is 4.47 Å². The molecule has 9 nitrogen and oxygen atoms in total. The van der Waals surface area contributed by atoms with Gasteiger partial charge in [-0.05, 0) is 41.5 Å². The third-order valence-corrected chi connectivity index (χ3v) is 7.28. The standard InChI is InChI=1S/C26H22ClN3O6S2/c1-35-19-7-4-5-17(11-19)12-25(31)30-29-14-18-6-2-3-8-22(18)23-13-20(9-10-24(23)38(32,33)34)36-16-21-15-28-26(27)37-21/h2-11,13-15H,12,16H2,1H3,(H,30,31)(H,32,33,34)/b29-14+. The smallest absolute Gasteiger partial charge is 0.295 e. The number of benzene rings is 3. The van der Waals surface area contributed by atoms with Crippen LogP contribution in [0.4, 0.5) is 0 Å². The summed E-state index contributed by atoms with van der Waals surface area (Å²) in [4.78, 5) is 16.8. The molecule has 0 atom stereocenters. The number of hydrazone groups is 1. The summed E-state index contributed by atoms with van der Waals surface area (Å²) >= 11 is 7.13. The minimum atomic E-state index is -4.56. The summed E-state index contributed by atoms with van der Waals surface area (Å²) in [5, 5.41) is 4.04. The van der Waals surface area contributed by atoms with E-state index in [9.17, 15) is 17.8 Å². The Morgan fingerprint density at radius 3 is 2.66 bits per heavy atom. The molecule has 3 aromatic carbocycles. The molecule has 1 aromatic heterocycles. The fourth-order valence-corrected chi connectivity index (χ4v) is 5.15. The molecule has 4 aromatic rings. The lowest BCUT2D eigenvalue weighted by molar-refractivity contribution is -0.120. The van der Waals surface area contributed by atoms with Crippen molar-refractivity contribution in [3.05, 3.63) is 93.4 Å². The van der Waals surface area contributed by atoms with Crippen LogP contribution in [0.5, 0.6) is 11.5 Å². The largest absolute Gasteiger partial charge is 0.497 e. The van der Waals surface area contributed by atoms with Crippen molar-refractivity contribution in [3.8, 4) is 22.6 Å². The van der Waals surface area contributed by atoms with Crippen molar-refractivity contribution in [1.82, 2.24) is 10.4 Å². The van der Waals surface area contributed by atoms with Gasteiger partial charge < -0.3 is 9.47 Å². The number of aromatic nitrogens is 1. The Bertz CT molecular complexity index is 1590. The molecule has 0 saturated heterocycles. The molecule has 0 radical (unpaired) electrons. The highest BCUT2D eigenvalue weighted by atomic mass is 35.5. The molecule has 1 amide bonds. The van der Waals surface area contributed by atoms with Gasteiger partial charge in [0.2, 0.25) is 5.91 Å². The van der Waals surface area contributed by atoms with Crippen LogP contribution in [0.1, 0.15) is 16.0 Å². The van der Waals surface area contributed by atoms with Gasteiger partial charge in [0, 0.05) is 17.3 Å². The van der Waals surface area contributed by atoms with Gasteiger partial charge in [0.25, 0.3) is 10.1 Å². The maximum atomic E-state index is 12.4. The zero-order chi connectivity index (χ0) is 27.1. The van der Waals surface area contributed by atoms with Gasteiger partial charge >= 0.3 is 0 Å². The van der Waals surface area contributed by atoms with Gasteiger partial charge in [-0.2, -0.15) is 13.5 Å². The van der Waals surface area contributed by atoms with Crippen molar-refractivity contribution in [2.24, 2.45) is 5.10 Å². The summed E-state index contributed by atoms with van der Waals surface area (Å²) < 4.78 is 45.5. The van der Waals surface area contributed by atoms with Crippen LogP contribution >= 0.6 is 22.9 Å². The number of amides is 1. The van der Waals surface area contributed by atoms with Gasteiger partial charge in [-0.3, -0.25) is 9.35 Å². The Morgan fingerprint density at radius 1 is 1.11 bits per heavy atom. The molecular weight excluding hydrogens is 550 g/mol. The predicted octanol–water partition coefficient (Wildman–Crippen LogP) is 4.99.